The summed E-state index contributed by atoms with van der Waals surface area (Å²) in [5.41, 5.74) is 1.99. The highest BCUT2D eigenvalue weighted by atomic mass is 16.2. The molecule has 1 amide bonds. The molecule has 0 fully saturated rings. The molecule has 0 spiro atoms. The van der Waals surface area contributed by atoms with E-state index < -0.39 is 0 Å². The molecule has 2 atom stereocenters. The normalized spacial score (nSPS) is 20.9. The van der Waals surface area contributed by atoms with E-state index >= 15 is 0 Å². The lowest BCUT2D eigenvalue weighted by molar-refractivity contribution is -0.117. The first kappa shape index (κ1) is 10.2. The molecule has 3 nitrogen and oxygen atoms in total. The highest BCUT2D eigenvalue weighted by molar-refractivity contribution is 6.02. The number of carbonyl (C=O) groups is 1. The van der Waals surface area contributed by atoms with Gasteiger partial charge in [-0.1, -0.05) is 25.1 Å². The van der Waals surface area contributed by atoms with Crippen LogP contribution in [0.4, 0.5) is 5.69 Å². The van der Waals surface area contributed by atoms with Crippen LogP contribution in [0, 0.1) is 0 Å². The van der Waals surface area contributed by atoms with E-state index in [-0.39, 0.29) is 11.9 Å². The highest BCUT2D eigenvalue weighted by Gasteiger charge is 2.30. The van der Waals surface area contributed by atoms with Crippen molar-refractivity contribution in [1.29, 1.82) is 0 Å². The standard InChI is InChI=1S/C12H16N2O/c1-3-8(2)13-11-9-6-4-5-7-10(9)14-12(11)15/h4-8,11,13H,3H2,1-2H3,(H,14,15). The monoisotopic (exact) mass is 204 g/mol. The van der Waals surface area contributed by atoms with Gasteiger partial charge in [-0.2, -0.15) is 0 Å². The van der Waals surface area contributed by atoms with Crippen LogP contribution in [0.5, 0.6) is 0 Å². The first-order valence-electron chi connectivity index (χ1n) is 5.38. The predicted octanol–water partition coefficient (Wildman–Crippen LogP) is 2.07. The van der Waals surface area contributed by atoms with E-state index in [4.69, 9.17) is 0 Å². The quantitative estimate of drug-likeness (QED) is 0.791. The van der Waals surface area contributed by atoms with Crippen molar-refractivity contribution >= 4 is 11.6 Å². The van der Waals surface area contributed by atoms with Crippen LogP contribution < -0.4 is 10.6 Å². The average molecular weight is 204 g/mol. The molecule has 1 aromatic carbocycles. The van der Waals surface area contributed by atoms with Crippen molar-refractivity contribution in [2.24, 2.45) is 0 Å². The minimum Gasteiger partial charge on any atom is -0.324 e. The third-order valence-electron chi connectivity index (χ3n) is 2.86. The minimum atomic E-state index is -0.184. The lowest BCUT2D eigenvalue weighted by atomic mass is 10.1. The minimum absolute atomic E-state index is 0.0523. The molecule has 0 radical (unpaired) electrons. The third-order valence-corrected chi connectivity index (χ3v) is 2.86. The zero-order chi connectivity index (χ0) is 10.8. The summed E-state index contributed by atoms with van der Waals surface area (Å²) in [4.78, 5) is 11.7. The van der Waals surface area contributed by atoms with Crippen molar-refractivity contribution in [2.75, 3.05) is 5.32 Å². The maximum Gasteiger partial charge on any atom is 0.246 e. The van der Waals surface area contributed by atoms with Gasteiger partial charge in [0.15, 0.2) is 0 Å². The number of amides is 1. The first-order chi connectivity index (χ1) is 7.22. The zero-order valence-corrected chi connectivity index (χ0v) is 9.08. The van der Waals surface area contributed by atoms with Crippen LogP contribution >= 0.6 is 0 Å². The largest absolute Gasteiger partial charge is 0.324 e. The third kappa shape index (κ3) is 1.88. The van der Waals surface area contributed by atoms with Gasteiger partial charge in [0.25, 0.3) is 0 Å². The van der Waals surface area contributed by atoms with Gasteiger partial charge >= 0.3 is 0 Å². The van der Waals surface area contributed by atoms with Crippen molar-refractivity contribution in [3.8, 4) is 0 Å². The van der Waals surface area contributed by atoms with Crippen LogP contribution in [0.15, 0.2) is 24.3 Å². The summed E-state index contributed by atoms with van der Waals surface area (Å²) in [5.74, 6) is 0.0523. The van der Waals surface area contributed by atoms with E-state index in [1.54, 1.807) is 0 Å². The van der Waals surface area contributed by atoms with Gasteiger partial charge in [0.2, 0.25) is 5.91 Å². The Labute approximate surface area is 89.9 Å². The summed E-state index contributed by atoms with van der Waals surface area (Å²) in [6.07, 6.45) is 1.02. The lowest BCUT2D eigenvalue weighted by Gasteiger charge is -2.16. The molecule has 1 aliphatic rings. The molecule has 1 aromatic rings. The molecule has 0 saturated carbocycles. The summed E-state index contributed by atoms with van der Waals surface area (Å²) in [6, 6.07) is 8.00. The Morgan fingerprint density at radius 2 is 2.20 bits per heavy atom. The van der Waals surface area contributed by atoms with Crippen LogP contribution in [0.3, 0.4) is 0 Å². The summed E-state index contributed by atoms with van der Waals surface area (Å²) in [5, 5.41) is 6.20. The molecule has 1 heterocycles. The number of hydrogen-bond donors (Lipinski definition) is 2. The number of para-hydroxylation sites is 1. The van der Waals surface area contributed by atoms with Crippen LogP contribution in [0.1, 0.15) is 31.9 Å². The van der Waals surface area contributed by atoms with Crippen molar-refractivity contribution in [3.63, 3.8) is 0 Å². The van der Waals surface area contributed by atoms with Crippen molar-refractivity contribution in [2.45, 2.75) is 32.4 Å². The number of carbonyl (C=O) groups excluding carboxylic acids is 1. The maximum absolute atomic E-state index is 11.7. The molecule has 0 aromatic heterocycles. The molecule has 15 heavy (non-hydrogen) atoms. The Bertz CT molecular complexity index is 376. The molecule has 0 aliphatic carbocycles. The number of nitrogens with one attached hydrogen (secondary N) is 2. The van der Waals surface area contributed by atoms with Crippen LogP contribution in [0.25, 0.3) is 0 Å². The number of benzene rings is 1. The van der Waals surface area contributed by atoms with Crippen molar-refractivity contribution in [1.82, 2.24) is 5.32 Å². The highest BCUT2D eigenvalue weighted by Crippen LogP contribution is 2.30. The molecule has 0 saturated heterocycles. The molecule has 2 unspecified atom stereocenters. The van der Waals surface area contributed by atoms with Gasteiger partial charge in [-0.3, -0.25) is 10.1 Å². The number of rotatable bonds is 3. The lowest BCUT2D eigenvalue weighted by Crippen LogP contribution is -2.34. The first-order valence-corrected chi connectivity index (χ1v) is 5.38. The molecule has 2 rings (SSSR count). The molecular formula is C12H16N2O. The number of fused-ring (bicyclic) bond motifs is 1. The maximum atomic E-state index is 11.7. The average Bonchev–Trinajstić information content (AvgIpc) is 2.55. The molecule has 3 heteroatoms. The molecule has 0 bridgehead atoms. The van der Waals surface area contributed by atoms with Crippen LogP contribution in [-0.2, 0) is 4.79 Å². The Hall–Kier alpha value is -1.35. The predicted molar refractivity (Wildman–Crippen MR) is 60.7 cm³/mol. The molecule has 80 valence electrons. The van der Waals surface area contributed by atoms with Gasteiger partial charge in [0, 0.05) is 17.3 Å². The van der Waals surface area contributed by atoms with Gasteiger partial charge in [-0.05, 0) is 19.4 Å². The molecule has 1 aliphatic heterocycles. The number of anilines is 1. The summed E-state index contributed by atoms with van der Waals surface area (Å²) in [7, 11) is 0. The SMILES string of the molecule is CCC(C)NC1C(=O)Nc2ccccc21. The van der Waals surface area contributed by atoms with Gasteiger partial charge in [-0.25, -0.2) is 0 Å². The van der Waals surface area contributed by atoms with Gasteiger partial charge in [0.05, 0.1) is 0 Å². The van der Waals surface area contributed by atoms with E-state index in [1.165, 1.54) is 0 Å². The van der Waals surface area contributed by atoms with Crippen LogP contribution in [0.2, 0.25) is 0 Å². The fraction of sp³-hybridized carbons (Fsp3) is 0.417. The van der Waals surface area contributed by atoms with Gasteiger partial charge in [-0.15, -0.1) is 0 Å². The van der Waals surface area contributed by atoms with E-state index in [9.17, 15) is 4.79 Å². The van der Waals surface area contributed by atoms with E-state index in [0.29, 0.717) is 6.04 Å². The van der Waals surface area contributed by atoms with E-state index in [0.717, 1.165) is 17.7 Å². The Kier molecular flexibility index (Phi) is 2.73. The van der Waals surface area contributed by atoms with Gasteiger partial charge < -0.3 is 5.32 Å². The van der Waals surface area contributed by atoms with Gasteiger partial charge in [0.1, 0.15) is 6.04 Å². The van der Waals surface area contributed by atoms with Crippen molar-refractivity contribution in [3.05, 3.63) is 29.8 Å². The Morgan fingerprint density at radius 1 is 1.47 bits per heavy atom. The summed E-state index contributed by atoms with van der Waals surface area (Å²) >= 11 is 0. The fourth-order valence-electron chi connectivity index (χ4n) is 1.78. The van der Waals surface area contributed by atoms with Crippen LogP contribution in [-0.4, -0.2) is 11.9 Å². The van der Waals surface area contributed by atoms with Crippen molar-refractivity contribution < 1.29 is 4.79 Å². The fourth-order valence-corrected chi connectivity index (χ4v) is 1.78. The Balaban J connectivity index is 2.22. The molecular weight excluding hydrogens is 188 g/mol. The second-order valence-electron chi connectivity index (χ2n) is 3.99. The summed E-state index contributed by atoms with van der Waals surface area (Å²) < 4.78 is 0. The number of hydrogen-bond acceptors (Lipinski definition) is 2. The second-order valence-corrected chi connectivity index (χ2v) is 3.99. The topological polar surface area (TPSA) is 41.1 Å². The van der Waals surface area contributed by atoms with E-state index in [2.05, 4.69) is 24.5 Å². The Morgan fingerprint density at radius 3 is 2.93 bits per heavy atom. The van der Waals surface area contributed by atoms with E-state index in [1.807, 2.05) is 24.3 Å². The summed E-state index contributed by atoms with van der Waals surface area (Å²) in [6.45, 7) is 4.20. The smallest absolute Gasteiger partial charge is 0.246 e. The zero-order valence-electron chi connectivity index (χ0n) is 9.08. The second kappa shape index (κ2) is 4.03. The molecule has 2 N–H and O–H groups in total.